The maximum absolute atomic E-state index is 11.9. The highest BCUT2D eigenvalue weighted by Gasteiger charge is 2.12. The SMILES string of the molecule is Cc1cccc(CCC(=O)Nc2cnccc2C(=O)O)c1. The largest absolute Gasteiger partial charge is 0.478 e. The Bertz CT molecular complexity index is 668. The molecule has 2 rings (SSSR count). The van der Waals surface area contributed by atoms with Crippen molar-refractivity contribution in [1.82, 2.24) is 4.98 Å². The first-order chi connectivity index (χ1) is 10.1. The number of carbonyl (C=O) groups is 2. The molecule has 1 aromatic heterocycles. The fraction of sp³-hybridized carbons (Fsp3) is 0.188. The monoisotopic (exact) mass is 284 g/mol. The lowest BCUT2D eigenvalue weighted by molar-refractivity contribution is -0.116. The van der Waals surface area contributed by atoms with E-state index < -0.39 is 5.97 Å². The number of nitrogens with zero attached hydrogens (tertiary/aromatic N) is 1. The number of aryl methyl sites for hydroxylation is 2. The van der Waals surface area contributed by atoms with Crippen molar-refractivity contribution >= 4 is 17.6 Å². The van der Waals surface area contributed by atoms with Crippen LogP contribution in [0.2, 0.25) is 0 Å². The lowest BCUT2D eigenvalue weighted by Crippen LogP contribution is -2.15. The zero-order chi connectivity index (χ0) is 15.2. The van der Waals surface area contributed by atoms with Crippen LogP contribution in [0.15, 0.2) is 42.7 Å². The molecule has 0 spiro atoms. The van der Waals surface area contributed by atoms with E-state index in [2.05, 4.69) is 10.3 Å². The zero-order valence-corrected chi connectivity index (χ0v) is 11.7. The topological polar surface area (TPSA) is 79.3 Å². The molecule has 0 aliphatic rings. The second kappa shape index (κ2) is 6.65. The van der Waals surface area contributed by atoms with Crippen LogP contribution in [0.5, 0.6) is 0 Å². The summed E-state index contributed by atoms with van der Waals surface area (Å²) in [6.07, 6.45) is 3.62. The number of pyridine rings is 1. The highest BCUT2D eigenvalue weighted by atomic mass is 16.4. The number of hydrogen-bond acceptors (Lipinski definition) is 3. The number of aromatic nitrogens is 1. The number of amides is 1. The minimum absolute atomic E-state index is 0.0360. The molecule has 0 aliphatic heterocycles. The summed E-state index contributed by atoms with van der Waals surface area (Å²) in [5.41, 5.74) is 2.48. The number of carboxylic acids is 1. The van der Waals surface area contributed by atoms with Gasteiger partial charge in [0.15, 0.2) is 0 Å². The first-order valence-electron chi connectivity index (χ1n) is 6.59. The van der Waals surface area contributed by atoms with E-state index in [0.717, 1.165) is 11.1 Å². The molecule has 21 heavy (non-hydrogen) atoms. The van der Waals surface area contributed by atoms with Crippen LogP contribution in [0.4, 0.5) is 5.69 Å². The van der Waals surface area contributed by atoms with E-state index in [4.69, 9.17) is 5.11 Å². The van der Waals surface area contributed by atoms with Crippen LogP contribution >= 0.6 is 0 Å². The number of rotatable bonds is 5. The number of hydrogen-bond donors (Lipinski definition) is 2. The van der Waals surface area contributed by atoms with E-state index in [0.29, 0.717) is 6.42 Å². The Balaban J connectivity index is 1.98. The zero-order valence-electron chi connectivity index (χ0n) is 11.7. The summed E-state index contributed by atoms with van der Waals surface area (Å²) in [6.45, 7) is 2.00. The van der Waals surface area contributed by atoms with Gasteiger partial charge in [0.25, 0.3) is 0 Å². The molecule has 0 saturated heterocycles. The molecule has 0 radical (unpaired) electrons. The van der Waals surface area contributed by atoms with Crippen LogP contribution in [0.3, 0.4) is 0 Å². The molecule has 0 unspecified atom stereocenters. The van der Waals surface area contributed by atoms with Gasteiger partial charge in [-0.3, -0.25) is 9.78 Å². The molecule has 0 atom stereocenters. The molecule has 2 N–H and O–H groups in total. The Kier molecular flexibility index (Phi) is 4.66. The fourth-order valence-electron chi connectivity index (χ4n) is 2.02. The molecule has 2 aromatic rings. The maximum Gasteiger partial charge on any atom is 0.337 e. The molecular formula is C16H16N2O3. The highest BCUT2D eigenvalue weighted by Crippen LogP contribution is 2.14. The van der Waals surface area contributed by atoms with E-state index >= 15 is 0 Å². The lowest BCUT2D eigenvalue weighted by Gasteiger charge is -2.08. The van der Waals surface area contributed by atoms with Gasteiger partial charge in [-0.25, -0.2) is 4.79 Å². The molecule has 1 heterocycles. The average Bonchev–Trinajstić information content (AvgIpc) is 2.45. The van der Waals surface area contributed by atoms with Gasteiger partial charge in [-0.15, -0.1) is 0 Å². The van der Waals surface area contributed by atoms with Crippen molar-refractivity contribution in [2.45, 2.75) is 19.8 Å². The number of aromatic carboxylic acids is 1. The van der Waals surface area contributed by atoms with Gasteiger partial charge < -0.3 is 10.4 Å². The number of carboxylic acid groups (broad SMARTS) is 1. The summed E-state index contributed by atoms with van der Waals surface area (Å²) >= 11 is 0. The molecule has 1 amide bonds. The standard InChI is InChI=1S/C16H16N2O3/c1-11-3-2-4-12(9-11)5-6-15(19)18-14-10-17-8-7-13(14)16(20)21/h2-4,7-10H,5-6H2,1H3,(H,18,19)(H,20,21). The van der Waals surface area contributed by atoms with E-state index in [1.807, 2.05) is 31.2 Å². The molecule has 0 aliphatic carbocycles. The van der Waals surface area contributed by atoms with Crippen molar-refractivity contribution in [2.75, 3.05) is 5.32 Å². The first-order valence-corrected chi connectivity index (χ1v) is 6.59. The van der Waals surface area contributed by atoms with Crippen LogP contribution in [-0.4, -0.2) is 22.0 Å². The van der Waals surface area contributed by atoms with Crippen molar-refractivity contribution in [3.05, 3.63) is 59.4 Å². The summed E-state index contributed by atoms with van der Waals surface area (Å²) in [6, 6.07) is 9.30. The minimum Gasteiger partial charge on any atom is -0.478 e. The third kappa shape index (κ3) is 4.14. The van der Waals surface area contributed by atoms with Crippen LogP contribution in [0.25, 0.3) is 0 Å². The van der Waals surface area contributed by atoms with Crippen LogP contribution in [0.1, 0.15) is 27.9 Å². The average molecular weight is 284 g/mol. The molecular weight excluding hydrogens is 268 g/mol. The van der Waals surface area contributed by atoms with Crippen molar-refractivity contribution in [2.24, 2.45) is 0 Å². The predicted molar refractivity (Wildman–Crippen MR) is 79.3 cm³/mol. The Hall–Kier alpha value is -2.69. The quantitative estimate of drug-likeness (QED) is 0.884. The van der Waals surface area contributed by atoms with Gasteiger partial charge in [0, 0.05) is 12.6 Å². The lowest BCUT2D eigenvalue weighted by atomic mass is 10.1. The van der Waals surface area contributed by atoms with Crippen LogP contribution in [0, 0.1) is 6.92 Å². The Morgan fingerprint density at radius 2 is 2.10 bits per heavy atom. The third-order valence-electron chi connectivity index (χ3n) is 3.05. The highest BCUT2D eigenvalue weighted by molar-refractivity contribution is 6.00. The van der Waals surface area contributed by atoms with Gasteiger partial charge in [-0.1, -0.05) is 29.8 Å². The summed E-state index contributed by atoms with van der Waals surface area (Å²) in [5, 5.41) is 11.6. The van der Waals surface area contributed by atoms with Crippen LogP contribution in [-0.2, 0) is 11.2 Å². The molecule has 108 valence electrons. The second-order valence-electron chi connectivity index (χ2n) is 4.76. The molecule has 5 heteroatoms. The summed E-state index contributed by atoms with van der Waals surface area (Å²) in [4.78, 5) is 26.8. The summed E-state index contributed by atoms with van der Waals surface area (Å²) in [7, 11) is 0. The van der Waals surface area contributed by atoms with E-state index in [1.165, 1.54) is 18.5 Å². The summed E-state index contributed by atoms with van der Waals surface area (Å²) in [5.74, 6) is -1.32. The Morgan fingerprint density at radius 3 is 2.81 bits per heavy atom. The first kappa shape index (κ1) is 14.7. The van der Waals surface area contributed by atoms with E-state index in [1.54, 1.807) is 0 Å². The normalized spacial score (nSPS) is 10.1. The maximum atomic E-state index is 11.9. The predicted octanol–water partition coefficient (Wildman–Crippen LogP) is 2.66. The van der Waals surface area contributed by atoms with Gasteiger partial charge in [0.2, 0.25) is 5.91 Å². The van der Waals surface area contributed by atoms with Crippen molar-refractivity contribution in [1.29, 1.82) is 0 Å². The molecule has 0 bridgehead atoms. The molecule has 0 fully saturated rings. The van der Waals surface area contributed by atoms with Gasteiger partial charge >= 0.3 is 5.97 Å². The van der Waals surface area contributed by atoms with Crippen molar-refractivity contribution in [3.8, 4) is 0 Å². The molecule has 0 saturated carbocycles. The minimum atomic E-state index is -1.09. The number of anilines is 1. The Morgan fingerprint density at radius 1 is 1.29 bits per heavy atom. The van der Waals surface area contributed by atoms with E-state index in [9.17, 15) is 9.59 Å². The molecule has 1 aromatic carbocycles. The Labute approximate surface area is 122 Å². The van der Waals surface area contributed by atoms with Gasteiger partial charge in [0.1, 0.15) is 0 Å². The van der Waals surface area contributed by atoms with Crippen molar-refractivity contribution < 1.29 is 14.7 Å². The van der Waals surface area contributed by atoms with E-state index in [-0.39, 0.29) is 23.6 Å². The smallest absolute Gasteiger partial charge is 0.337 e. The number of carbonyl (C=O) groups excluding carboxylic acids is 1. The number of nitrogens with one attached hydrogen (secondary N) is 1. The van der Waals surface area contributed by atoms with Gasteiger partial charge in [-0.2, -0.15) is 0 Å². The van der Waals surface area contributed by atoms with Gasteiger partial charge in [-0.05, 0) is 25.0 Å². The summed E-state index contributed by atoms with van der Waals surface area (Å²) < 4.78 is 0. The van der Waals surface area contributed by atoms with Gasteiger partial charge in [0.05, 0.1) is 17.4 Å². The molecule has 5 nitrogen and oxygen atoms in total. The second-order valence-corrected chi connectivity index (χ2v) is 4.76. The number of benzene rings is 1. The third-order valence-corrected chi connectivity index (χ3v) is 3.05. The fourth-order valence-corrected chi connectivity index (χ4v) is 2.02. The van der Waals surface area contributed by atoms with Crippen molar-refractivity contribution in [3.63, 3.8) is 0 Å². The van der Waals surface area contributed by atoms with Crippen LogP contribution < -0.4 is 5.32 Å².